The molecule has 0 saturated heterocycles. The molecule has 0 amide bonds. The van der Waals surface area contributed by atoms with Crippen LogP contribution in [-0.2, 0) is 13.0 Å². The van der Waals surface area contributed by atoms with Crippen molar-refractivity contribution >= 4 is 0 Å². The lowest BCUT2D eigenvalue weighted by molar-refractivity contribution is 0.201. The molecule has 0 radical (unpaired) electrons. The van der Waals surface area contributed by atoms with Gasteiger partial charge in [-0.1, -0.05) is 12.1 Å². The van der Waals surface area contributed by atoms with Gasteiger partial charge >= 0.3 is 0 Å². The van der Waals surface area contributed by atoms with Gasteiger partial charge in [-0.2, -0.15) is 0 Å². The first-order valence-corrected chi connectivity index (χ1v) is 5.61. The Labute approximate surface area is 91.9 Å². The van der Waals surface area contributed by atoms with E-state index in [0.29, 0.717) is 6.04 Å². The zero-order valence-electron chi connectivity index (χ0n) is 9.79. The SMILES string of the molecule is COc1cccc2c1CCN(C(C)C)C2. The van der Waals surface area contributed by atoms with Crippen LogP contribution in [0, 0.1) is 0 Å². The quantitative estimate of drug-likeness (QED) is 0.735. The second-order valence-corrected chi connectivity index (χ2v) is 4.41. The molecule has 2 nitrogen and oxygen atoms in total. The summed E-state index contributed by atoms with van der Waals surface area (Å²) in [5, 5.41) is 0. The maximum absolute atomic E-state index is 5.39. The predicted octanol–water partition coefficient (Wildman–Crippen LogP) is 2.46. The van der Waals surface area contributed by atoms with E-state index < -0.39 is 0 Å². The summed E-state index contributed by atoms with van der Waals surface area (Å²) in [4.78, 5) is 2.50. The van der Waals surface area contributed by atoms with Crippen LogP contribution in [0.4, 0.5) is 0 Å². The van der Waals surface area contributed by atoms with Crippen LogP contribution in [0.2, 0.25) is 0 Å². The van der Waals surface area contributed by atoms with Gasteiger partial charge in [0.1, 0.15) is 5.75 Å². The summed E-state index contributed by atoms with van der Waals surface area (Å²) in [6.45, 7) is 6.71. The zero-order chi connectivity index (χ0) is 10.8. The van der Waals surface area contributed by atoms with Crippen LogP contribution < -0.4 is 4.74 Å². The standard InChI is InChI=1S/C13H19NO/c1-10(2)14-8-7-12-11(9-14)5-4-6-13(12)15-3/h4-6,10H,7-9H2,1-3H3. The van der Waals surface area contributed by atoms with E-state index in [-0.39, 0.29) is 0 Å². The number of nitrogens with zero attached hydrogens (tertiary/aromatic N) is 1. The van der Waals surface area contributed by atoms with E-state index >= 15 is 0 Å². The molecule has 1 heterocycles. The average molecular weight is 205 g/mol. The van der Waals surface area contributed by atoms with Crippen LogP contribution >= 0.6 is 0 Å². The summed E-state index contributed by atoms with van der Waals surface area (Å²) in [5.41, 5.74) is 2.83. The molecule has 0 fully saturated rings. The molecule has 15 heavy (non-hydrogen) atoms. The molecule has 1 aromatic carbocycles. The van der Waals surface area contributed by atoms with Crippen molar-refractivity contribution in [2.75, 3.05) is 13.7 Å². The van der Waals surface area contributed by atoms with E-state index in [2.05, 4.69) is 36.9 Å². The third-order valence-corrected chi connectivity index (χ3v) is 3.20. The summed E-state index contributed by atoms with van der Waals surface area (Å²) in [6, 6.07) is 6.99. The first-order valence-electron chi connectivity index (χ1n) is 5.61. The minimum absolute atomic E-state index is 0.629. The van der Waals surface area contributed by atoms with Crippen LogP contribution in [0.1, 0.15) is 25.0 Å². The molecule has 1 aliphatic rings. The number of fused-ring (bicyclic) bond motifs is 1. The maximum Gasteiger partial charge on any atom is 0.122 e. The Morgan fingerprint density at radius 3 is 2.80 bits per heavy atom. The highest BCUT2D eigenvalue weighted by atomic mass is 16.5. The fraction of sp³-hybridized carbons (Fsp3) is 0.538. The van der Waals surface area contributed by atoms with E-state index in [0.717, 1.165) is 25.3 Å². The molecular formula is C13H19NO. The van der Waals surface area contributed by atoms with Crippen LogP contribution in [0.15, 0.2) is 18.2 Å². The predicted molar refractivity (Wildman–Crippen MR) is 62.2 cm³/mol. The van der Waals surface area contributed by atoms with Crippen molar-refractivity contribution < 1.29 is 4.74 Å². The van der Waals surface area contributed by atoms with E-state index in [1.807, 2.05) is 0 Å². The third kappa shape index (κ3) is 2.00. The van der Waals surface area contributed by atoms with Gasteiger partial charge in [-0.25, -0.2) is 0 Å². The van der Waals surface area contributed by atoms with Crippen LogP contribution in [0.25, 0.3) is 0 Å². The fourth-order valence-electron chi connectivity index (χ4n) is 2.23. The fourth-order valence-corrected chi connectivity index (χ4v) is 2.23. The lowest BCUT2D eigenvalue weighted by Gasteiger charge is -2.32. The van der Waals surface area contributed by atoms with Crippen molar-refractivity contribution in [2.24, 2.45) is 0 Å². The second kappa shape index (κ2) is 4.23. The number of methoxy groups -OCH3 is 1. The Balaban J connectivity index is 2.27. The molecule has 82 valence electrons. The van der Waals surface area contributed by atoms with Gasteiger partial charge in [0.05, 0.1) is 7.11 Å². The Kier molecular flexibility index (Phi) is 2.96. The van der Waals surface area contributed by atoms with Gasteiger partial charge in [0.2, 0.25) is 0 Å². The van der Waals surface area contributed by atoms with E-state index in [1.54, 1.807) is 7.11 Å². The Bertz CT molecular complexity index is 346. The number of hydrogen-bond donors (Lipinski definition) is 0. The molecule has 2 heteroatoms. The molecule has 0 spiro atoms. The van der Waals surface area contributed by atoms with E-state index in [9.17, 15) is 0 Å². The molecule has 0 atom stereocenters. The topological polar surface area (TPSA) is 12.5 Å². The Morgan fingerprint density at radius 1 is 1.33 bits per heavy atom. The van der Waals surface area contributed by atoms with Crippen LogP contribution in [-0.4, -0.2) is 24.6 Å². The number of ether oxygens (including phenoxy) is 1. The van der Waals surface area contributed by atoms with Crippen molar-refractivity contribution in [2.45, 2.75) is 32.9 Å². The van der Waals surface area contributed by atoms with Crippen molar-refractivity contribution in [3.8, 4) is 5.75 Å². The lowest BCUT2D eigenvalue weighted by atomic mass is 9.98. The van der Waals surface area contributed by atoms with Crippen molar-refractivity contribution in [3.05, 3.63) is 29.3 Å². The second-order valence-electron chi connectivity index (χ2n) is 4.41. The minimum Gasteiger partial charge on any atom is -0.496 e. The molecule has 0 aliphatic carbocycles. The summed E-state index contributed by atoms with van der Waals surface area (Å²) in [6.07, 6.45) is 1.11. The van der Waals surface area contributed by atoms with Gasteiger partial charge in [-0.05, 0) is 37.5 Å². The summed E-state index contributed by atoms with van der Waals surface area (Å²) < 4.78 is 5.39. The average Bonchev–Trinajstić information content (AvgIpc) is 2.27. The summed E-state index contributed by atoms with van der Waals surface area (Å²) >= 11 is 0. The maximum atomic E-state index is 5.39. The highest BCUT2D eigenvalue weighted by Crippen LogP contribution is 2.28. The molecule has 1 aromatic rings. The molecule has 0 saturated carbocycles. The zero-order valence-corrected chi connectivity index (χ0v) is 9.79. The smallest absolute Gasteiger partial charge is 0.122 e. The number of benzene rings is 1. The molecule has 2 rings (SSSR count). The molecule has 1 aliphatic heterocycles. The molecule has 0 N–H and O–H groups in total. The summed E-state index contributed by atoms with van der Waals surface area (Å²) in [7, 11) is 1.75. The van der Waals surface area contributed by atoms with Gasteiger partial charge in [-0.15, -0.1) is 0 Å². The minimum atomic E-state index is 0.629. The van der Waals surface area contributed by atoms with E-state index in [1.165, 1.54) is 11.1 Å². The Hall–Kier alpha value is -1.02. The lowest BCUT2D eigenvalue weighted by Crippen LogP contribution is -2.35. The summed E-state index contributed by atoms with van der Waals surface area (Å²) in [5.74, 6) is 1.05. The van der Waals surface area contributed by atoms with Crippen LogP contribution in [0.5, 0.6) is 5.75 Å². The molecule has 0 aromatic heterocycles. The molecular weight excluding hydrogens is 186 g/mol. The van der Waals surface area contributed by atoms with Gasteiger partial charge in [-0.3, -0.25) is 4.90 Å². The normalized spacial score (nSPS) is 16.5. The first-order chi connectivity index (χ1) is 7.22. The highest BCUT2D eigenvalue weighted by molar-refractivity contribution is 5.41. The van der Waals surface area contributed by atoms with Gasteiger partial charge in [0.15, 0.2) is 0 Å². The van der Waals surface area contributed by atoms with Crippen LogP contribution in [0.3, 0.4) is 0 Å². The number of rotatable bonds is 2. The van der Waals surface area contributed by atoms with Crippen molar-refractivity contribution in [1.82, 2.24) is 4.90 Å². The Morgan fingerprint density at radius 2 is 2.13 bits per heavy atom. The van der Waals surface area contributed by atoms with Crippen molar-refractivity contribution in [1.29, 1.82) is 0 Å². The first kappa shape index (κ1) is 10.5. The largest absolute Gasteiger partial charge is 0.496 e. The third-order valence-electron chi connectivity index (χ3n) is 3.20. The molecule has 0 unspecified atom stereocenters. The van der Waals surface area contributed by atoms with Gasteiger partial charge in [0, 0.05) is 19.1 Å². The van der Waals surface area contributed by atoms with Crippen molar-refractivity contribution in [3.63, 3.8) is 0 Å². The van der Waals surface area contributed by atoms with E-state index in [4.69, 9.17) is 4.74 Å². The van der Waals surface area contributed by atoms with Gasteiger partial charge in [0.25, 0.3) is 0 Å². The monoisotopic (exact) mass is 205 g/mol. The highest BCUT2D eigenvalue weighted by Gasteiger charge is 2.20. The molecule has 0 bridgehead atoms. The number of hydrogen-bond acceptors (Lipinski definition) is 2. The van der Waals surface area contributed by atoms with Gasteiger partial charge < -0.3 is 4.74 Å².